The van der Waals surface area contributed by atoms with E-state index in [0.29, 0.717) is 6.54 Å². The van der Waals surface area contributed by atoms with Gasteiger partial charge in [-0.25, -0.2) is 0 Å². The Bertz CT molecular complexity index is 525. The van der Waals surface area contributed by atoms with Crippen LogP contribution >= 0.6 is 11.3 Å². The topological polar surface area (TPSA) is 49.4 Å². The highest BCUT2D eigenvalue weighted by molar-refractivity contribution is 7.84. The molecular weight excluding hydrogens is 292 g/mol. The molecule has 1 spiro atoms. The van der Waals surface area contributed by atoms with Crippen LogP contribution in [-0.2, 0) is 15.6 Å². The Morgan fingerprint density at radius 3 is 2.90 bits per heavy atom. The summed E-state index contributed by atoms with van der Waals surface area (Å²) in [5.41, 5.74) is 0.874. The Morgan fingerprint density at radius 2 is 2.35 bits per heavy atom. The molecule has 6 heteroatoms. The highest BCUT2D eigenvalue weighted by Crippen LogP contribution is 2.46. The second-order valence-electron chi connectivity index (χ2n) is 5.78. The third kappa shape index (κ3) is 2.44. The van der Waals surface area contributed by atoms with Crippen molar-refractivity contribution in [2.24, 2.45) is 0 Å². The second-order valence-corrected chi connectivity index (χ2v) is 8.36. The van der Waals surface area contributed by atoms with Crippen LogP contribution in [0.4, 0.5) is 0 Å². The molecule has 1 aromatic heterocycles. The number of nitrogens with one attached hydrogen (secondary N) is 1. The summed E-state index contributed by atoms with van der Waals surface area (Å²) in [5.74, 6) is 0.225. The van der Waals surface area contributed by atoms with Crippen molar-refractivity contribution in [1.82, 2.24) is 10.2 Å². The molecular formula is C14H20N2O2S2. The van der Waals surface area contributed by atoms with Crippen molar-refractivity contribution in [3.63, 3.8) is 0 Å². The van der Waals surface area contributed by atoms with Crippen molar-refractivity contribution in [3.8, 4) is 0 Å². The largest absolute Gasteiger partial charge is 0.321 e. The van der Waals surface area contributed by atoms with E-state index in [2.05, 4.69) is 16.8 Å². The van der Waals surface area contributed by atoms with Crippen molar-refractivity contribution in [2.45, 2.75) is 43.1 Å². The van der Waals surface area contributed by atoms with Gasteiger partial charge in [-0.05, 0) is 41.7 Å². The first-order chi connectivity index (χ1) is 9.53. The van der Waals surface area contributed by atoms with Gasteiger partial charge in [-0.1, -0.05) is 6.92 Å². The van der Waals surface area contributed by atoms with E-state index < -0.39 is 10.8 Å². The number of hydrogen-bond acceptors (Lipinski definition) is 4. The van der Waals surface area contributed by atoms with E-state index in [9.17, 15) is 9.00 Å². The summed E-state index contributed by atoms with van der Waals surface area (Å²) in [4.78, 5) is 14.5. The Hall–Kier alpha value is -0.720. The molecule has 3 atom stereocenters. The van der Waals surface area contributed by atoms with Gasteiger partial charge in [0.2, 0.25) is 5.91 Å². The fraction of sp³-hybridized carbons (Fsp3) is 0.643. The van der Waals surface area contributed by atoms with Crippen LogP contribution in [0.15, 0.2) is 16.8 Å². The maximum absolute atomic E-state index is 12.6. The quantitative estimate of drug-likeness (QED) is 0.903. The molecule has 3 unspecified atom stereocenters. The molecule has 1 saturated carbocycles. The molecule has 1 aliphatic heterocycles. The summed E-state index contributed by atoms with van der Waals surface area (Å²) in [7, 11) is -0.829. The van der Waals surface area contributed by atoms with E-state index in [0.717, 1.165) is 24.8 Å². The van der Waals surface area contributed by atoms with Gasteiger partial charge in [0.25, 0.3) is 0 Å². The zero-order valence-electron chi connectivity index (χ0n) is 11.8. The maximum atomic E-state index is 12.6. The van der Waals surface area contributed by atoms with Crippen LogP contribution in [0, 0.1) is 0 Å². The average molecular weight is 312 g/mol. The first-order valence-electron chi connectivity index (χ1n) is 6.96. The van der Waals surface area contributed by atoms with Gasteiger partial charge in [-0.2, -0.15) is 11.3 Å². The summed E-state index contributed by atoms with van der Waals surface area (Å²) in [6.45, 7) is 2.66. The number of rotatable bonds is 5. The van der Waals surface area contributed by atoms with Crippen molar-refractivity contribution in [2.75, 3.05) is 12.8 Å². The average Bonchev–Trinajstić information content (AvgIpc) is 2.90. The first-order valence-corrected chi connectivity index (χ1v) is 9.53. The molecule has 1 aromatic rings. The molecule has 1 saturated heterocycles. The molecule has 1 N–H and O–H groups in total. The number of amides is 1. The minimum atomic E-state index is -0.829. The molecule has 0 aromatic carbocycles. The lowest BCUT2D eigenvalue weighted by Crippen LogP contribution is -2.34. The smallest absolute Gasteiger partial charge is 0.244 e. The van der Waals surface area contributed by atoms with E-state index in [1.54, 1.807) is 17.6 Å². The van der Waals surface area contributed by atoms with Crippen LogP contribution in [0.2, 0.25) is 0 Å². The molecule has 3 rings (SSSR count). The third-order valence-electron chi connectivity index (χ3n) is 4.35. The normalized spacial score (nSPS) is 27.0. The molecule has 0 radical (unpaired) electrons. The number of hydrogen-bond donors (Lipinski definition) is 1. The lowest BCUT2D eigenvalue weighted by molar-refractivity contribution is -0.130. The van der Waals surface area contributed by atoms with Gasteiger partial charge in [0.1, 0.15) is 11.7 Å². The Balaban J connectivity index is 1.75. The second kappa shape index (κ2) is 5.24. The van der Waals surface area contributed by atoms with Crippen LogP contribution < -0.4 is 5.32 Å². The van der Waals surface area contributed by atoms with Gasteiger partial charge in [0, 0.05) is 28.9 Å². The molecule has 4 nitrogen and oxygen atoms in total. The zero-order valence-corrected chi connectivity index (χ0v) is 13.4. The molecule has 2 fully saturated rings. The van der Waals surface area contributed by atoms with Gasteiger partial charge in [0.15, 0.2) is 0 Å². The van der Waals surface area contributed by atoms with Crippen LogP contribution in [0.1, 0.15) is 37.9 Å². The van der Waals surface area contributed by atoms with Gasteiger partial charge in [0.05, 0.1) is 0 Å². The summed E-state index contributed by atoms with van der Waals surface area (Å²) < 4.78 is 11.5. The van der Waals surface area contributed by atoms with Crippen molar-refractivity contribution in [1.29, 1.82) is 0 Å². The van der Waals surface area contributed by atoms with Gasteiger partial charge in [-0.15, -0.1) is 0 Å². The van der Waals surface area contributed by atoms with Crippen molar-refractivity contribution in [3.05, 3.63) is 22.4 Å². The van der Waals surface area contributed by atoms with Crippen LogP contribution in [0.3, 0.4) is 0 Å². The minimum Gasteiger partial charge on any atom is -0.321 e. The molecule has 1 amide bonds. The highest BCUT2D eigenvalue weighted by atomic mass is 32.2. The standard InChI is InChI=1S/C14H20N2O2S2/c1-10(20(2)18)3-7-16-12(11-4-8-19-9-11)15-14(5-6-14)13(16)17/h4,8-10,12,15H,3,5-7H2,1-2H3. The predicted octanol–water partition coefficient (Wildman–Crippen LogP) is 1.87. The zero-order chi connectivity index (χ0) is 14.3. The van der Waals surface area contributed by atoms with Crippen molar-refractivity contribution >= 4 is 28.0 Å². The van der Waals surface area contributed by atoms with Crippen LogP contribution in [0.5, 0.6) is 0 Å². The number of thiophene rings is 1. The lowest BCUT2D eigenvalue weighted by atomic mass is 10.2. The fourth-order valence-corrected chi connectivity index (χ4v) is 3.80. The van der Waals surface area contributed by atoms with E-state index in [-0.39, 0.29) is 22.9 Å². The molecule has 2 heterocycles. The Kier molecular flexibility index (Phi) is 3.73. The van der Waals surface area contributed by atoms with Crippen molar-refractivity contribution < 1.29 is 9.00 Å². The summed E-state index contributed by atoms with van der Waals surface area (Å²) in [6, 6.07) is 2.07. The lowest BCUT2D eigenvalue weighted by Gasteiger charge is -2.24. The molecule has 110 valence electrons. The third-order valence-corrected chi connectivity index (χ3v) is 6.42. The monoisotopic (exact) mass is 312 g/mol. The minimum absolute atomic E-state index is 0.00579. The fourth-order valence-electron chi connectivity index (χ4n) is 2.69. The number of carbonyl (C=O) groups is 1. The molecule has 0 bridgehead atoms. The van der Waals surface area contributed by atoms with E-state index in [1.807, 2.05) is 17.2 Å². The summed E-state index contributed by atoms with van der Waals surface area (Å²) >= 11 is 1.65. The molecule has 2 aliphatic rings. The summed E-state index contributed by atoms with van der Waals surface area (Å²) in [5, 5.41) is 7.77. The van der Waals surface area contributed by atoms with Gasteiger partial charge in [-0.3, -0.25) is 14.3 Å². The van der Waals surface area contributed by atoms with E-state index in [1.165, 1.54) is 0 Å². The first kappa shape index (κ1) is 14.2. The van der Waals surface area contributed by atoms with Gasteiger partial charge < -0.3 is 4.90 Å². The Morgan fingerprint density at radius 1 is 1.60 bits per heavy atom. The highest BCUT2D eigenvalue weighted by Gasteiger charge is 2.59. The molecule has 20 heavy (non-hydrogen) atoms. The molecule has 1 aliphatic carbocycles. The van der Waals surface area contributed by atoms with E-state index in [4.69, 9.17) is 0 Å². The summed E-state index contributed by atoms with van der Waals surface area (Å²) in [6.07, 6.45) is 4.39. The maximum Gasteiger partial charge on any atom is 0.244 e. The SMILES string of the molecule is CC(CCN1C(=O)C2(CC2)NC1c1ccsc1)S(C)=O. The van der Waals surface area contributed by atoms with Crippen LogP contribution in [-0.4, -0.2) is 38.6 Å². The predicted molar refractivity (Wildman–Crippen MR) is 82.0 cm³/mol. The van der Waals surface area contributed by atoms with Crippen LogP contribution in [0.25, 0.3) is 0 Å². The van der Waals surface area contributed by atoms with E-state index >= 15 is 0 Å². The number of carbonyl (C=O) groups excluding carboxylic acids is 1. The van der Waals surface area contributed by atoms with Gasteiger partial charge >= 0.3 is 0 Å². The Labute approximate surface area is 126 Å². The number of nitrogens with zero attached hydrogens (tertiary/aromatic N) is 1.